The van der Waals surface area contributed by atoms with Crippen LogP contribution in [0.1, 0.15) is 5.56 Å². The SMILES string of the molecule is COCCN(CCOC)CC(O)COCc1ccccc1. The highest BCUT2D eigenvalue weighted by Gasteiger charge is 2.11. The number of aliphatic hydroxyl groups excluding tert-OH is 1. The van der Waals surface area contributed by atoms with Crippen LogP contribution >= 0.6 is 0 Å². The summed E-state index contributed by atoms with van der Waals surface area (Å²) in [6.07, 6.45) is -0.512. The Hall–Kier alpha value is -0.980. The van der Waals surface area contributed by atoms with Crippen LogP contribution in [0.5, 0.6) is 0 Å². The van der Waals surface area contributed by atoms with Crippen LogP contribution in [0.3, 0.4) is 0 Å². The van der Waals surface area contributed by atoms with Crippen LogP contribution in [0.15, 0.2) is 30.3 Å². The van der Waals surface area contributed by atoms with Gasteiger partial charge in [-0.3, -0.25) is 4.90 Å². The fourth-order valence-electron chi connectivity index (χ4n) is 1.97. The lowest BCUT2D eigenvalue weighted by Crippen LogP contribution is -2.38. The maximum atomic E-state index is 10.0. The van der Waals surface area contributed by atoms with Gasteiger partial charge in [-0.1, -0.05) is 30.3 Å². The first-order valence-corrected chi connectivity index (χ1v) is 7.26. The van der Waals surface area contributed by atoms with Crippen molar-refractivity contribution in [2.24, 2.45) is 0 Å². The maximum absolute atomic E-state index is 10.0. The van der Waals surface area contributed by atoms with Gasteiger partial charge in [0, 0.05) is 33.9 Å². The Bertz CT molecular complexity index is 339. The normalized spacial score (nSPS) is 12.8. The van der Waals surface area contributed by atoms with Gasteiger partial charge in [0.25, 0.3) is 0 Å². The van der Waals surface area contributed by atoms with Gasteiger partial charge in [0.2, 0.25) is 0 Å². The van der Waals surface area contributed by atoms with Gasteiger partial charge in [-0.15, -0.1) is 0 Å². The number of methoxy groups -OCH3 is 2. The number of hydrogen-bond acceptors (Lipinski definition) is 5. The summed E-state index contributed by atoms with van der Waals surface area (Å²) in [6, 6.07) is 9.95. The molecular weight excluding hydrogens is 270 g/mol. The summed E-state index contributed by atoms with van der Waals surface area (Å²) in [5.41, 5.74) is 1.11. The van der Waals surface area contributed by atoms with Crippen LogP contribution in [-0.4, -0.2) is 69.8 Å². The van der Waals surface area contributed by atoms with E-state index in [1.807, 2.05) is 30.3 Å². The number of benzene rings is 1. The molecule has 1 aromatic rings. The summed E-state index contributed by atoms with van der Waals surface area (Å²) in [7, 11) is 3.35. The van der Waals surface area contributed by atoms with E-state index in [0.717, 1.165) is 18.7 Å². The molecule has 1 N–H and O–H groups in total. The number of aliphatic hydroxyl groups is 1. The topological polar surface area (TPSA) is 51.2 Å². The third kappa shape index (κ3) is 8.80. The zero-order valence-electron chi connectivity index (χ0n) is 13.0. The van der Waals surface area contributed by atoms with Crippen LogP contribution in [0.4, 0.5) is 0 Å². The molecule has 0 amide bonds. The lowest BCUT2D eigenvalue weighted by atomic mass is 10.2. The lowest BCUT2D eigenvalue weighted by Gasteiger charge is -2.24. The molecule has 0 aromatic heterocycles. The van der Waals surface area contributed by atoms with Crippen LogP contribution in [0, 0.1) is 0 Å². The standard InChI is InChI=1S/C16H27NO4/c1-19-10-8-17(9-11-20-2)12-16(18)14-21-13-15-6-4-3-5-7-15/h3-7,16,18H,8-14H2,1-2H3. The van der Waals surface area contributed by atoms with Gasteiger partial charge in [0.05, 0.1) is 32.5 Å². The highest BCUT2D eigenvalue weighted by molar-refractivity contribution is 5.13. The molecular formula is C16H27NO4. The zero-order valence-corrected chi connectivity index (χ0v) is 13.0. The number of nitrogens with zero attached hydrogens (tertiary/aromatic N) is 1. The first kappa shape index (κ1) is 18.1. The molecule has 1 atom stereocenters. The quantitative estimate of drug-likeness (QED) is 0.627. The molecule has 0 saturated carbocycles. The highest BCUT2D eigenvalue weighted by atomic mass is 16.5. The van der Waals surface area contributed by atoms with E-state index in [1.54, 1.807) is 14.2 Å². The van der Waals surface area contributed by atoms with E-state index in [9.17, 15) is 5.11 Å². The molecule has 1 rings (SSSR count). The van der Waals surface area contributed by atoms with Crippen molar-refractivity contribution in [2.75, 3.05) is 53.7 Å². The highest BCUT2D eigenvalue weighted by Crippen LogP contribution is 2.02. The van der Waals surface area contributed by atoms with E-state index in [-0.39, 0.29) is 0 Å². The van der Waals surface area contributed by atoms with Crippen molar-refractivity contribution in [2.45, 2.75) is 12.7 Å². The molecule has 0 radical (unpaired) electrons. The van der Waals surface area contributed by atoms with E-state index in [0.29, 0.717) is 33.0 Å². The van der Waals surface area contributed by atoms with Gasteiger partial charge in [-0.25, -0.2) is 0 Å². The molecule has 0 fully saturated rings. The van der Waals surface area contributed by atoms with Crippen molar-refractivity contribution < 1.29 is 19.3 Å². The summed E-state index contributed by atoms with van der Waals surface area (Å²) in [4.78, 5) is 2.11. The van der Waals surface area contributed by atoms with Crippen LogP contribution < -0.4 is 0 Å². The third-order valence-corrected chi connectivity index (χ3v) is 3.11. The minimum Gasteiger partial charge on any atom is -0.389 e. The smallest absolute Gasteiger partial charge is 0.0900 e. The Kier molecular flexibility index (Phi) is 10.0. The molecule has 0 heterocycles. The molecule has 5 heteroatoms. The summed E-state index contributed by atoms with van der Waals surface area (Å²) < 4.78 is 15.7. The molecule has 0 bridgehead atoms. The molecule has 21 heavy (non-hydrogen) atoms. The lowest BCUT2D eigenvalue weighted by molar-refractivity contribution is 0.00235. The summed E-state index contributed by atoms with van der Waals surface area (Å²) in [6.45, 7) is 4.23. The van der Waals surface area contributed by atoms with Gasteiger partial charge >= 0.3 is 0 Å². The second-order valence-electron chi connectivity index (χ2n) is 4.94. The van der Waals surface area contributed by atoms with Crippen molar-refractivity contribution in [3.05, 3.63) is 35.9 Å². The predicted molar refractivity (Wildman–Crippen MR) is 82.3 cm³/mol. The first-order chi connectivity index (χ1) is 10.3. The number of hydrogen-bond donors (Lipinski definition) is 1. The van der Waals surface area contributed by atoms with Crippen LogP contribution in [0.25, 0.3) is 0 Å². The van der Waals surface area contributed by atoms with Crippen LogP contribution in [-0.2, 0) is 20.8 Å². The number of rotatable bonds is 12. The van der Waals surface area contributed by atoms with Crippen LogP contribution in [0.2, 0.25) is 0 Å². The zero-order chi connectivity index (χ0) is 15.3. The van der Waals surface area contributed by atoms with E-state index >= 15 is 0 Å². The van der Waals surface area contributed by atoms with Crippen molar-refractivity contribution in [1.82, 2.24) is 4.90 Å². The second-order valence-corrected chi connectivity index (χ2v) is 4.94. The van der Waals surface area contributed by atoms with E-state index < -0.39 is 6.10 Å². The Labute approximate surface area is 127 Å². The molecule has 0 aliphatic carbocycles. The van der Waals surface area contributed by atoms with Crippen molar-refractivity contribution in [1.29, 1.82) is 0 Å². The minimum atomic E-state index is -0.512. The third-order valence-electron chi connectivity index (χ3n) is 3.11. The second kappa shape index (κ2) is 11.7. The predicted octanol–water partition coefficient (Wildman–Crippen LogP) is 1.16. The molecule has 0 aliphatic heterocycles. The average Bonchev–Trinajstić information content (AvgIpc) is 2.51. The fraction of sp³-hybridized carbons (Fsp3) is 0.625. The van der Waals surface area contributed by atoms with Gasteiger partial charge < -0.3 is 19.3 Å². The minimum absolute atomic E-state index is 0.325. The molecule has 1 aromatic carbocycles. The molecule has 0 spiro atoms. The Morgan fingerprint density at radius 1 is 1.05 bits per heavy atom. The molecule has 120 valence electrons. The van der Waals surface area contributed by atoms with Crippen molar-refractivity contribution >= 4 is 0 Å². The van der Waals surface area contributed by atoms with E-state index in [2.05, 4.69) is 4.90 Å². The molecule has 0 saturated heterocycles. The molecule has 1 unspecified atom stereocenters. The van der Waals surface area contributed by atoms with Gasteiger partial charge in [-0.05, 0) is 5.56 Å². The number of ether oxygens (including phenoxy) is 3. The largest absolute Gasteiger partial charge is 0.389 e. The van der Waals surface area contributed by atoms with E-state index in [4.69, 9.17) is 14.2 Å². The average molecular weight is 297 g/mol. The summed E-state index contributed by atoms with van der Waals surface area (Å²) in [5.74, 6) is 0. The van der Waals surface area contributed by atoms with Gasteiger partial charge in [-0.2, -0.15) is 0 Å². The Balaban J connectivity index is 2.23. The monoisotopic (exact) mass is 297 g/mol. The van der Waals surface area contributed by atoms with Gasteiger partial charge in [0.1, 0.15) is 0 Å². The first-order valence-electron chi connectivity index (χ1n) is 7.26. The van der Waals surface area contributed by atoms with Gasteiger partial charge in [0.15, 0.2) is 0 Å². The fourth-order valence-corrected chi connectivity index (χ4v) is 1.97. The molecule has 0 aliphatic rings. The molecule has 5 nitrogen and oxygen atoms in total. The summed E-state index contributed by atoms with van der Waals surface area (Å²) >= 11 is 0. The maximum Gasteiger partial charge on any atom is 0.0900 e. The van der Waals surface area contributed by atoms with Crippen molar-refractivity contribution in [3.8, 4) is 0 Å². The Morgan fingerprint density at radius 3 is 2.24 bits per heavy atom. The summed E-state index contributed by atoms with van der Waals surface area (Å²) in [5, 5.41) is 10.0. The van der Waals surface area contributed by atoms with E-state index in [1.165, 1.54) is 0 Å². The van der Waals surface area contributed by atoms with Crippen molar-refractivity contribution in [3.63, 3.8) is 0 Å². The Morgan fingerprint density at radius 2 is 1.67 bits per heavy atom.